The van der Waals surface area contributed by atoms with Gasteiger partial charge >= 0.3 is 5.97 Å². The van der Waals surface area contributed by atoms with Crippen LogP contribution in [-0.2, 0) is 4.79 Å². The number of hydrogen-bond acceptors (Lipinski definition) is 4. The third kappa shape index (κ3) is 2.49. The zero-order chi connectivity index (χ0) is 14.0. The van der Waals surface area contributed by atoms with Crippen LogP contribution < -0.4 is 14.8 Å². The molecule has 5 nitrogen and oxygen atoms in total. The summed E-state index contributed by atoms with van der Waals surface area (Å²) >= 11 is 0. The lowest BCUT2D eigenvalue weighted by Crippen LogP contribution is -2.18. The molecule has 104 valence electrons. The topological polar surface area (TPSA) is 67.8 Å². The Bertz CT molecular complexity index is 492. The molecule has 0 saturated carbocycles. The zero-order valence-corrected chi connectivity index (χ0v) is 10.8. The molecule has 1 saturated heterocycles. The van der Waals surface area contributed by atoms with Gasteiger partial charge in [-0.25, -0.2) is 4.39 Å². The van der Waals surface area contributed by atoms with Crippen molar-refractivity contribution in [1.29, 1.82) is 0 Å². The summed E-state index contributed by atoms with van der Waals surface area (Å²) in [5.74, 6) is -1.39. The third-order valence-electron chi connectivity index (χ3n) is 3.37. The van der Waals surface area contributed by atoms with Crippen molar-refractivity contribution in [3.05, 3.63) is 23.5 Å². The highest BCUT2D eigenvalue weighted by Crippen LogP contribution is 2.38. The Balaban J connectivity index is 2.36. The summed E-state index contributed by atoms with van der Waals surface area (Å²) in [5, 5.41) is 12.0. The molecule has 0 amide bonds. The van der Waals surface area contributed by atoms with E-state index >= 15 is 0 Å². The van der Waals surface area contributed by atoms with E-state index in [0.717, 1.165) is 0 Å². The van der Waals surface area contributed by atoms with Crippen LogP contribution in [0.1, 0.15) is 18.0 Å². The summed E-state index contributed by atoms with van der Waals surface area (Å²) in [6, 6.07) is 2.72. The van der Waals surface area contributed by atoms with E-state index in [1.165, 1.54) is 20.3 Å². The summed E-state index contributed by atoms with van der Waals surface area (Å²) < 4.78 is 24.4. The molecule has 19 heavy (non-hydrogen) atoms. The zero-order valence-electron chi connectivity index (χ0n) is 10.8. The Morgan fingerprint density at radius 1 is 1.37 bits per heavy atom. The molecule has 1 aromatic rings. The van der Waals surface area contributed by atoms with Gasteiger partial charge in [0.15, 0.2) is 11.6 Å². The number of carboxylic acid groups (broad SMARTS) is 1. The number of carbonyl (C=O) groups is 1. The van der Waals surface area contributed by atoms with Gasteiger partial charge in [-0.3, -0.25) is 4.79 Å². The second-order valence-electron chi connectivity index (χ2n) is 4.43. The molecule has 1 heterocycles. The average Bonchev–Trinajstić information content (AvgIpc) is 2.87. The van der Waals surface area contributed by atoms with Gasteiger partial charge in [0, 0.05) is 12.6 Å². The molecule has 0 aromatic heterocycles. The maximum absolute atomic E-state index is 14.3. The van der Waals surface area contributed by atoms with Crippen LogP contribution in [-0.4, -0.2) is 31.8 Å². The molecular weight excluding hydrogens is 253 g/mol. The van der Waals surface area contributed by atoms with Gasteiger partial charge in [0.05, 0.1) is 25.7 Å². The largest absolute Gasteiger partial charge is 0.496 e. The normalized spacial score (nSPS) is 22.3. The number of methoxy groups -OCH3 is 2. The molecule has 0 aliphatic carbocycles. The van der Waals surface area contributed by atoms with Crippen LogP contribution in [0.15, 0.2) is 12.1 Å². The minimum Gasteiger partial charge on any atom is -0.496 e. The van der Waals surface area contributed by atoms with Gasteiger partial charge in [0.25, 0.3) is 0 Å². The Hall–Kier alpha value is -1.82. The fourth-order valence-corrected chi connectivity index (χ4v) is 2.36. The van der Waals surface area contributed by atoms with Gasteiger partial charge in [0.1, 0.15) is 5.75 Å². The van der Waals surface area contributed by atoms with Crippen molar-refractivity contribution in [2.24, 2.45) is 5.92 Å². The molecular formula is C13H16FNO4. The number of aliphatic carboxylic acids is 1. The lowest BCUT2D eigenvalue weighted by atomic mass is 9.98. The molecule has 1 aromatic carbocycles. The summed E-state index contributed by atoms with van der Waals surface area (Å²) in [6.45, 7) is 0.319. The Morgan fingerprint density at radius 3 is 2.53 bits per heavy atom. The highest BCUT2D eigenvalue weighted by atomic mass is 19.1. The fourth-order valence-electron chi connectivity index (χ4n) is 2.36. The van der Waals surface area contributed by atoms with Crippen molar-refractivity contribution < 1.29 is 23.8 Å². The first kappa shape index (κ1) is 13.6. The van der Waals surface area contributed by atoms with Crippen LogP contribution in [0.3, 0.4) is 0 Å². The standard InChI is InChI=1S/C13H16FNO4/c1-18-9-3-4-10(19-2)12(14)11(9)8-5-7(6-15-8)13(16)17/h3-4,7-8,15H,5-6H2,1-2H3,(H,16,17). The Morgan fingerprint density at radius 2 is 2.00 bits per heavy atom. The SMILES string of the molecule is COc1ccc(OC)c(C2CC(C(=O)O)CN2)c1F. The van der Waals surface area contributed by atoms with Crippen molar-refractivity contribution in [3.8, 4) is 11.5 Å². The molecule has 2 rings (SSSR count). The second-order valence-corrected chi connectivity index (χ2v) is 4.43. The minimum absolute atomic E-state index is 0.122. The summed E-state index contributed by atoms with van der Waals surface area (Å²) in [5.41, 5.74) is 0.325. The number of hydrogen-bond donors (Lipinski definition) is 2. The first-order valence-corrected chi connectivity index (χ1v) is 5.95. The van der Waals surface area contributed by atoms with Crippen molar-refractivity contribution in [2.45, 2.75) is 12.5 Å². The lowest BCUT2D eigenvalue weighted by molar-refractivity contribution is -0.141. The highest BCUT2D eigenvalue weighted by Gasteiger charge is 2.34. The van der Waals surface area contributed by atoms with E-state index in [2.05, 4.69) is 5.32 Å². The Kier molecular flexibility index (Phi) is 3.90. The second kappa shape index (κ2) is 5.44. The van der Waals surface area contributed by atoms with Crippen LogP contribution in [0.5, 0.6) is 11.5 Å². The number of nitrogens with one attached hydrogen (secondary N) is 1. The number of benzene rings is 1. The van der Waals surface area contributed by atoms with Crippen molar-refractivity contribution in [1.82, 2.24) is 5.32 Å². The summed E-state index contributed by atoms with van der Waals surface area (Å²) in [4.78, 5) is 11.0. The summed E-state index contributed by atoms with van der Waals surface area (Å²) in [7, 11) is 2.84. The first-order chi connectivity index (χ1) is 9.08. The van der Waals surface area contributed by atoms with E-state index in [1.54, 1.807) is 6.07 Å². The maximum atomic E-state index is 14.3. The average molecular weight is 269 g/mol. The van der Waals surface area contributed by atoms with Crippen molar-refractivity contribution >= 4 is 5.97 Å². The number of ether oxygens (including phenoxy) is 2. The third-order valence-corrected chi connectivity index (χ3v) is 3.37. The smallest absolute Gasteiger partial charge is 0.307 e. The van der Waals surface area contributed by atoms with E-state index in [9.17, 15) is 9.18 Å². The molecule has 6 heteroatoms. The molecule has 0 radical (unpaired) electrons. The van der Waals surface area contributed by atoms with Gasteiger partial charge in [-0.2, -0.15) is 0 Å². The van der Waals surface area contributed by atoms with E-state index in [4.69, 9.17) is 14.6 Å². The number of halogens is 1. The first-order valence-electron chi connectivity index (χ1n) is 5.95. The number of carboxylic acids is 1. The van der Waals surface area contributed by atoms with Crippen molar-refractivity contribution in [3.63, 3.8) is 0 Å². The van der Waals surface area contributed by atoms with Gasteiger partial charge in [-0.05, 0) is 18.6 Å². The minimum atomic E-state index is -0.878. The van der Waals surface area contributed by atoms with Crippen LogP contribution in [0.2, 0.25) is 0 Å². The molecule has 2 atom stereocenters. The molecule has 1 fully saturated rings. The van der Waals surface area contributed by atoms with Crippen LogP contribution in [0.4, 0.5) is 4.39 Å². The van der Waals surface area contributed by atoms with Crippen LogP contribution >= 0.6 is 0 Å². The molecule has 2 N–H and O–H groups in total. The van der Waals surface area contributed by atoms with Crippen LogP contribution in [0, 0.1) is 11.7 Å². The van der Waals surface area contributed by atoms with Gasteiger partial charge < -0.3 is 19.9 Å². The maximum Gasteiger partial charge on any atom is 0.307 e. The molecule has 1 aliphatic rings. The molecule has 1 aliphatic heterocycles. The highest BCUT2D eigenvalue weighted by molar-refractivity contribution is 5.71. The van der Waals surface area contributed by atoms with E-state index < -0.39 is 17.7 Å². The molecule has 0 spiro atoms. The Labute approximate surface area is 110 Å². The van der Waals surface area contributed by atoms with Gasteiger partial charge in [-0.1, -0.05) is 0 Å². The van der Waals surface area contributed by atoms with Gasteiger partial charge in [-0.15, -0.1) is 0 Å². The molecule has 0 bridgehead atoms. The van der Waals surface area contributed by atoms with E-state index in [1.807, 2.05) is 0 Å². The van der Waals surface area contributed by atoms with E-state index in [-0.39, 0.29) is 11.8 Å². The van der Waals surface area contributed by atoms with Gasteiger partial charge in [0.2, 0.25) is 0 Å². The van der Waals surface area contributed by atoms with E-state index in [0.29, 0.717) is 24.3 Å². The monoisotopic (exact) mass is 269 g/mol. The molecule has 2 unspecified atom stereocenters. The predicted octanol–water partition coefficient (Wildman–Crippen LogP) is 1.58. The van der Waals surface area contributed by atoms with Crippen LogP contribution in [0.25, 0.3) is 0 Å². The fraction of sp³-hybridized carbons (Fsp3) is 0.462. The van der Waals surface area contributed by atoms with Crippen molar-refractivity contribution in [2.75, 3.05) is 20.8 Å². The quantitative estimate of drug-likeness (QED) is 0.868. The lowest BCUT2D eigenvalue weighted by Gasteiger charge is -2.17. The predicted molar refractivity (Wildman–Crippen MR) is 66.0 cm³/mol. The summed E-state index contributed by atoms with van der Waals surface area (Å²) in [6.07, 6.45) is 0.329. The number of rotatable bonds is 4.